The molecule has 2 aromatic carbocycles. The Morgan fingerprint density at radius 3 is 2.33 bits per heavy atom. The number of ether oxygens (including phenoxy) is 1. The van der Waals surface area contributed by atoms with Crippen LogP contribution in [0.1, 0.15) is 42.6 Å². The number of benzene rings is 2. The molecule has 0 saturated carbocycles. The first-order valence-corrected chi connectivity index (χ1v) is 10.3. The highest BCUT2D eigenvalue weighted by Crippen LogP contribution is 2.23. The van der Waals surface area contributed by atoms with E-state index in [4.69, 9.17) is 4.74 Å². The van der Waals surface area contributed by atoms with E-state index in [2.05, 4.69) is 10.0 Å². The number of carbonyl (C=O) groups excluding carboxylic acids is 1. The molecule has 0 saturated heterocycles. The molecular weight excluding hydrogens is 364 g/mol. The fraction of sp³-hybridized carbons (Fsp3) is 0.350. The Morgan fingerprint density at radius 1 is 1.07 bits per heavy atom. The lowest BCUT2D eigenvalue weighted by Crippen LogP contribution is -2.31. The van der Waals surface area contributed by atoms with Crippen LogP contribution in [0.3, 0.4) is 0 Å². The predicted octanol–water partition coefficient (Wildman–Crippen LogP) is 2.92. The molecule has 1 unspecified atom stereocenters. The number of carbonyl (C=O) groups is 1. The first kappa shape index (κ1) is 20.9. The summed E-state index contributed by atoms with van der Waals surface area (Å²) in [5.74, 6) is -0.0377. The van der Waals surface area contributed by atoms with Crippen LogP contribution in [0, 0.1) is 0 Å². The Bertz CT molecular complexity index is 880. The molecule has 0 bridgehead atoms. The van der Waals surface area contributed by atoms with Gasteiger partial charge in [0.15, 0.2) is 0 Å². The van der Waals surface area contributed by atoms with Crippen LogP contribution in [0.15, 0.2) is 53.4 Å². The van der Waals surface area contributed by atoms with Crippen molar-refractivity contribution in [2.75, 3.05) is 13.7 Å². The number of hydrogen-bond acceptors (Lipinski definition) is 4. The minimum Gasteiger partial charge on any atom is -0.496 e. The van der Waals surface area contributed by atoms with Crippen LogP contribution >= 0.6 is 0 Å². The molecule has 0 spiro atoms. The molecule has 2 rings (SSSR count). The summed E-state index contributed by atoms with van der Waals surface area (Å²) in [5.41, 5.74) is 1.23. The molecule has 0 aliphatic carbocycles. The van der Waals surface area contributed by atoms with Gasteiger partial charge in [-0.05, 0) is 43.5 Å². The van der Waals surface area contributed by atoms with Gasteiger partial charge in [0.05, 0.1) is 17.6 Å². The summed E-state index contributed by atoms with van der Waals surface area (Å²) >= 11 is 0. The topological polar surface area (TPSA) is 84.5 Å². The zero-order chi connectivity index (χ0) is 20.0. The van der Waals surface area contributed by atoms with Gasteiger partial charge in [-0.25, -0.2) is 13.1 Å². The fourth-order valence-corrected chi connectivity index (χ4v) is 3.75. The Kier molecular flexibility index (Phi) is 6.98. The maximum absolute atomic E-state index is 12.7. The van der Waals surface area contributed by atoms with E-state index in [1.54, 1.807) is 0 Å². The van der Waals surface area contributed by atoms with E-state index in [1.165, 1.54) is 25.3 Å². The van der Waals surface area contributed by atoms with Crippen molar-refractivity contribution >= 4 is 15.9 Å². The number of methoxy groups -OCH3 is 1. The molecule has 1 amide bonds. The Morgan fingerprint density at radius 2 is 1.74 bits per heavy atom. The highest BCUT2D eigenvalue weighted by Gasteiger charge is 2.21. The van der Waals surface area contributed by atoms with Crippen LogP contribution in [0.2, 0.25) is 0 Å². The molecule has 0 aliphatic heterocycles. The van der Waals surface area contributed by atoms with Crippen molar-refractivity contribution in [1.29, 1.82) is 0 Å². The van der Waals surface area contributed by atoms with Gasteiger partial charge in [0, 0.05) is 12.6 Å². The number of amides is 1. The Labute approximate surface area is 161 Å². The summed E-state index contributed by atoms with van der Waals surface area (Å²) < 4.78 is 33.2. The molecule has 2 N–H and O–H groups in total. The van der Waals surface area contributed by atoms with Crippen LogP contribution in [-0.2, 0) is 10.0 Å². The van der Waals surface area contributed by atoms with E-state index in [0.717, 1.165) is 5.56 Å². The average molecular weight is 391 g/mol. The molecule has 6 nitrogen and oxygen atoms in total. The highest BCUT2D eigenvalue weighted by atomic mass is 32.2. The molecule has 0 aliphatic rings. The fourth-order valence-electron chi connectivity index (χ4n) is 2.59. The summed E-state index contributed by atoms with van der Waals surface area (Å²) in [6.07, 6.45) is 0. The van der Waals surface area contributed by atoms with Crippen LogP contribution < -0.4 is 14.8 Å². The summed E-state index contributed by atoms with van der Waals surface area (Å²) in [6.45, 7) is 5.87. The summed E-state index contributed by atoms with van der Waals surface area (Å²) in [7, 11) is -2.32. The van der Waals surface area contributed by atoms with Gasteiger partial charge in [0.25, 0.3) is 5.91 Å². The molecule has 0 heterocycles. The molecule has 0 radical (unpaired) electrons. The van der Waals surface area contributed by atoms with E-state index < -0.39 is 10.0 Å². The van der Waals surface area contributed by atoms with Crippen LogP contribution in [0.5, 0.6) is 5.75 Å². The molecule has 1 atom stereocenters. The summed E-state index contributed by atoms with van der Waals surface area (Å²) in [5, 5.41) is 2.75. The largest absolute Gasteiger partial charge is 0.496 e. The van der Waals surface area contributed by atoms with Gasteiger partial charge < -0.3 is 10.1 Å². The number of hydrogen-bond donors (Lipinski definition) is 2. The predicted molar refractivity (Wildman–Crippen MR) is 106 cm³/mol. The zero-order valence-electron chi connectivity index (χ0n) is 16.0. The first-order valence-electron chi connectivity index (χ1n) is 8.78. The van der Waals surface area contributed by atoms with E-state index in [1.807, 2.05) is 51.1 Å². The molecule has 27 heavy (non-hydrogen) atoms. The van der Waals surface area contributed by atoms with Gasteiger partial charge in [-0.3, -0.25) is 4.79 Å². The standard InChI is InChI=1S/C20H26N2O4S/c1-14(2)22-20(23)18-12-17(10-11-19(18)26-4)27(24,25)21-13-15(3)16-8-6-5-7-9-16/h5-12,14-15,21H,13H2,1-4H3,(H,22,23). The van der Waals surface area contributed by atoms with Gasteiger partial charge in [-0.15, -0.1) is 0 Å². The molecule has 2 aromatic rings. The lowest BCUT2D eigenvalue weighted by Gasteiger charge is -2.15. The quantitative estimate of drug-likeness (QED) is 0.726. The normalized spacial score (nSPS) is 12.6. The second-order valence-corrected chi connectivity index (χ2v) is 8.42. The van der Waals surface area contributed by atoms with Crippen LogP contribution in [-0.4, -0.2) is 34.0 Å². The van der Waals surface area contributed by atoms with Crippen LogP contribution in [0.4, 0.5) is 0 Å². The number of sulfonamides is 1. The SMILES string of the molecule is COc1ccc(S(=O)(=O)NCC(C)c2ccccc2)cc1C(=O)NC(C)C. The number of nitrogens with one attached hydrogen (secondary N) is 2. The molecule has 0 fully saturated rings. The Balaban J connectivity index is 2.21. The van der Waals surface area contributed by atoms with Gasteiger partial charge in [-0.2, -0.15) is 0 Å². The van der Waals surface area contributed by atoms with Gasteiger partial charge >= 0.3 is 0 Å². The van der Waals surface area contributed by atoms with Crippen molar-refractivity contribution in [2.24, 2.45) is 0 Å². The maximum atomic E-state index is 12.7. The summed E-state index contributed by atoms with van der Waals surface area (Å²) in [6, 6.07) is 13.9. The smallest absolute Gasteiger partial charge is 0.255 e. The van der Waals surface area contributed by atoms with Crippen LogP contribution in [0.25, 0.3) is 0 Å². The monoisotopic (exact) mass is 390 g/mol. The molecular formula is C20H26N2O4S. The van der Waals surface area contributed by atoms with Gasteiger partial charge in [0.2, 0.25) is 10.0 Å². The minimum atomic E-state index is -3.76. The van der Waals surface area contributed by atoms with E-state index >= 15 is 0 Å². The second-order valence-electron chi connectivity index (χ2n) is 6.65. The Hall–Kier alpha value is -2.38. The maximum Gasteiger partial charge on any atom is 0.255 e. The highest BCUT2D eigenvalue weighted by molar-refractivity contribution is 7.89. The zero-order valence-corrected chi connectivity index (χ0v) is 16.8. The first-order chi connectivity index (χ1) is 12.7. The molecule has 0 aromatic heterocycles. The lowest BCUT2D eigenvalue weighted by atomic mass is 10.0. The second kappa shape index (κ2) is 9.01. The van der Waals surface area contributed by atoms with Crippen molar-refractivity contribution in [3.05, 3.63) is 59.7 Å². The third kappa shape index (κ3) is 5.55. The lowest BCUT2D eigenvalue weighted by molar-refractivity contribution is 0.0940. The third-order valence-corrected chi connectivity index (χ3v) is 5.52. The minimum absolute atomic E-state index is 0.0166. The van der Waals surface area contributed by atoms with E-state index in [-0.39, 0.29) is 34.9 Å². The van der Waals surface area contributed by atoms with Crippen molar-refractivity contribution in [1.82, 2.24) is 10.0 Å². The van der Waals surface area contributed by atoms with Crippen molar-refractivity contribution in [3.63, 3.8) is 0 Å². The molecule has 7 heteroatoms. The van der Waals surface area contributed by atoms with E-state index in [9.17, 15) is 13.2 Å². The number of rotatable bonds is 8. The average Bonchev–Trinajstić information content (AvgIpc) is 2.65. The van der Waals surface area contributed by atoms with Gasteiger partial charge in [-0.1, -0.05) is 37.3 Å². The van der Waals surface area contributed by atoms with Gasteiger partial charge in [0.1, 0.15) is 5.75 Å². The van der Waals surface area contributed by atoms with Crippen molar-refractivity contribution in [2.45, 2.75) is 37.6 Å². The van der Waals surface area contributed by atoms with Crippen molar-refractivity contribution < 1.29 is 17.9 Å². The summed E-state index contributed by atoms with van der Waals surface area (Å²) in [4.78, 5) is 12.4. The van der Waals surface area contributed by atoms with E-state index in [0.29, 0.717) is 5.75 Å². The van der Waals surface area contributed by atoms with Crippen molar-refractivity contribution in [3.8, 4) is 5.75 Å². The molecule has 146 valence electrons. The third-order valence-electron chi connectivity index (χ3n) is 4.09.